The van der Waals surface area contributed by atoms with Crippen molar-refractivity contribution in [3.8, 4) is 12.3 Å². The Hall–Kier alpha value is -2.02. The van der Waals surface area contributed by atoms with Crippen molar-refractivity contribution in [3.05, 3.63) is 28.9 Å². The summed E-state index contributed by atoms with van der Waals surface area (Å²) in [4.78, 5) is 15.2. The average molecular weight is 174 g/mol. The molecular formula is C9H6N2O2. The molecular weight excluding hydrogens is 168 g/mol. The molecule has 13 heavy (non-hydrogen) atoms. The van der Waals surface area contributed by atoms with Gasteiger partial charge in [-0.3, -0.25) is 0 Å². The number of nitrogens with zero attached hydrogens (tertiary/aromatic N) is 2. The van der Waals surface area contributed by atoms with E-state index in [-0.39, 0.29) is 6.54 Å². The molecule has 0 spiro atoms. The fourth-order valence-corrected chi connectivity index (χ4v) is 1.13. The summed E-state index contributed by atoms with van der Waals surface area (Å²) < 4.78 is 6.22. The van der Waals surface area contributed by atoms with Gasteiger partial charge in [0.05, 0.1) is 6.54 Å². The van der Waals surface area contributed by atoms with Crippen molar-refractivity contribution in [2.24, 2.45) is 0 Å². The highest BCUT2D eigenvalue weighted by atomic mass is 16.4. The van der Waals surface area contributed by atoms with Crippen LogP contribution in [0.4, 0.5) is 0 Å². The van der Waals surface area contributed by atoms with Gasteiger partial charge in [-0.25, -0.2) is 14.3 Å². The highest BCUT2D eigenvalue weighted by molar-refractivity contribution is 5.67. The molecule has 0 saturated carbocycles. The van der Waals surface area contributed by atoms with Crippen LogP contribution in [0.1, 0.15) is 0 Å². The van der Waals surface area contributed by atoms with E-state index in [2.05, 4.69) is 10.9 Å². The second-order valence-electron chi connectivity index (χ2n) is 2.48. The van der Waals surface area contributed by atoms with E-state index in [0.29, 0.717) is 11.2 Å². The van der Waals surface area contributed by atoms with Gasteiger partial charge >= 0.3 is 5.76 Å². The molecule has 0 fully saturated rings. The summed E-state index contributed by atoms with van der Waals surface area (Å²) in [7, 11) is 0. The summed E-state index contributed by atoms with van der Waals surface area (Å²) >= 11 is 0. The lowest BCUT2D eigenvalue weighted by atomic mass is 10.4. The third kappa shape index (κ3) is 1.11. The second kappa shape index (κ2) is 2.79. The van der Waals surface area contributed by atoms with Crippen molar-refractivity contribution in [1.29, 1.82) is 0 Å². The monoisotopic (exact) mass is 174 g/mol. The van der Waals surface area contributed by atoms with Crippen LogP contribution in [-0.4, -0.2) is 9.55 Å². The maximum atomic E-state index is 11.2. The zero-order valence-electron chi connectivity index (χ0n) is 6.73. The Kier molecular flexibility index (Phi) is 1.64. The number of hydrogen-bond donors (Lipinski definition) is 0. The molecule has 2 aromatic rings. The Morgan fingerprint density at radius 1 is 1.69 bits per heavy atom. The summed E-state index contributed by atoms with van der Waals surface area (Å²) in [6.45, 7) is 0.183. The SMILES string of the molecule is C#CCn1c(=O)oc2cccnc21. The van der Waals surface area contributed by atoms with Crippen LogP contribution in [0.15, 0.2) is 27.5 Å². The normalized spacial score (nSPS) is 10.1. The van der Waals surface area contributed by atoms with Crippen molar-refractivity contribution < 1.29 is 4.42 Å². The number of pyridine rings is 1. The lowest BCUT2D eigenvalue weighted by Crippen LogP contribution is -2.13. The Balaban J connectivity index is 2.80. The largest absolute Gasteiger partial charge is 0.422 e. The first-order chi connectivity index (χ1) is 6.33. The number of oxazole rings is 1. The fraction of sp³-hybridized carbons (Fsp3) is 0.111. The summed E-state index contributed by atoms with van der Waals surface area (Å²) in [6.07, 6.45) is 6.69. The smallest absolute Gasteiger partial charge is 0.406 e. The lowest BCUT2D eigenvalue weighted by molar-refractivity contribution is 0.521. The van der Waals surface area contributed by atoms with Crippen LogP contribution in [0, 0.1) is 12.3 Å². The predicted molar refractivity (Wildman–Crippen MR) is 47.1 cm³/mol. The van der Waals surface area contributed by atoms with Gasteiger partial charge in [0.15, 0.2) is 11.2 Å². The summed E-state index contributed by atoms with van der Waals surface area (Å²) in [5.74, 6) is 1.90. The first-order valence-corrected chi connectivity index (χ1v) is 3.71. The van der Waals surface area contributed by atoms with Crippen molar-refractivity contribution in [3.63, 3.8) is 0 Å². The summed E-state index contributed by atoms with van der Waals surface area (Å²) in [5.41, 5.74) is 0.952. The summed E-state index contributed by atoms with van der Waals surface area (Å²) in [6, 6.07) is 3.38. The average Bonchev–Trinajstić information content (AvgIpc) is 2.44. The van der Waals surface area contributed by atoms with Crippen LogP contribution < -0.4 is 5.76 Å². The van der Waals surface area contributed by atoms with E-state index in [0.717, 1.165) is 0 Å². The molecule has 0 unspecified atom stereocenters. The molecule has 64 valence electrons. The molecule has 0 amide bonds. The van der Waals surface area contributed by atoms with Crippen LogP contribution in [-0.2, 0) is 6.54 Å². The zero-order chi connectivity index (χ0) is 9.26. The van der Waals surface area contributed by atoms with Crippen molar-refractivity contribution >= 4 is 11.2 Å². The van der Waals surface area contributed by atoms with Crippen molar-refractivity contribution in [2.75, 3.05) is 0 Å². The van der Waals surface area contributed by atoms with E-state index in [1.165, 1.54) is 4.57 Å². The molecule has 0 radical (unpaired) electrons. The van der Waals surface area contributed by atoms with E-state index < -0.39 is 5.76 Å². The number of rotatable bonds is 1. The van der Waals surface area contributed by atoms with E-state index in [9.17, 15) is 4.79 Å². The molecule has 4 nitrogen and oxygen atoms in total. The third-order valence-electron chi connectivity index (χ3n) is 1.67. The van der Waals surface area contributed by atoms with E-state index >= 15 is 0 Å². The van der Waals surface area contributed by atoms with E-state index in [4.69, 9.17) is 10.8 Å². The predicted octanol–water partition coefficient (Wildman–Crippen LogP) is 0.623. The molecule has 0 aliphatic rings. The van der Waals surface area contributed by atoms with Gasteiger partial charge in [0.2, 0.25) is 0 Å². The molecule has 0 N–H and O–H groups in total. The van der Waals surface area contributed by atoms with E-state index in [1.54, 1.807) is 18.3 Å². The topological polar surface area (TPSA) is 48.0 Å². The molecule has 0 saturated heterocycles. The van der Waals surface area contributed by atoms with Gasteiger partial charge in [-0.15, -0.1) is 6.42 Å². The Morgan fingerprint density at radius 2 is 2.54 bits per heavy atom. The van der Waals surface area contributed by atoms with Crippen LogP contribution in [0.25, 0.3) is 11.2 Å². The molecule has 2 heterocycles. The van der Waals surface area contributed by atoms with Gasteiger partial charge in [-0.2, -0.15) is 0 Å². The summed E-state index contributed by atoms with van der Waals surface area (Å²) in [5, 5.41) is 0. The van der Waals surface area contributed by atoms with Gasteiger partial charge in [-0.1, -0.05) is 5.92 Å². The highest BCUT2D eigenvalue weighted by Crippen LogP contribution is 2.07. The number of hydrogen-bond acceptors (Lipinski definition) is 3. The molecule has 2 aromatic heterocycles. The molecule has 0 aromatic carbocycles. The fourth-order valence-electron chi connectivity index (χ4n) is 1.13. The van der Waals surface area contributed by atoms with Gasteiger partial charge in [0, 0.05) is 6.20 Å². The zero-order valence-corrected chi connectivity index (χ0v) is 6.73. The van der Waals surface area contributed by atoms with Gasteiger partial charge in [0.1, 0.15) is 0 Å². The third-order valence-corrected chi connectivity index (χ3v) is 1.67. The standard InChI is InChI=1S/C9H6N2O2/c1-2-6-11-8-7(13-9(11)12)4-3-5-10-8/h1,3-5H,6H2. The van der Waals surface area contributed by atoms with Crippen LogP contribution in [0.3, 0.4) is 0 Å². The first kappa shape index (κ1) is 7.62. The molecule has 0 atom stereocenters. The molecule has 2 rings (SSSR count). The number of aromatic nitrogens is 2. The minimum atomic E-state index is -0.466. The van der Waals surface area contributed by atoms with Crippen molar-refractivity contribution in [1.82, 2.24) is 9.55 Å². The Labute approximate surface area is 73.8 Å². The van der Waals surface area contributed by atoms with Gasteiger partial charge in [0.25, 0.3) is 0 Å². The minimum Gasteiger partial charge on any atom is -0.406 e. The van der Waals surface area contributed by atoms with Crippen LogP contribution in [0.2, 0.25) is 0 Å². The number of terminal acetylenes is 1. The van der Waals surface area contributed by atoms with Crippen LogP contribution >= 0.6 is 0 Å². The quantitative estimate of drug-likeness (QED) is 0.595. The van der Waals surface area contributed by atoms with Gasteiger partial charge < -0.3 is 4.42 Å². The molecule has 0 bridgehead atoms. The Bertz CT molecular complexity index is 530. The first-order valence-electron chi connectivity index (χ1n) is 3.71. The van der Waals surface area contributed by atoms with E-state index in [1.807, 2.05) is 0 Å². The number of fused-ring (bicyclic) bond motifs is 1. The highest BCUT2D eigenvalue weighted by Gasteiger charge is 2.07. The minimum absolute atomic E-state index is 0.183. The Morgan fingerprint density at radius 3 is 3.31 bits per heavy atom. The molecule has 0 aliphatic carbocycles. The molecule has 4 heteroatoms. The van der Waals surface area contributed by atoms with Crippen molar-refractivity contribution in [2.45, 2.75) is 6.54 Å². The molecule has 0 aliphatic heterocycles. The second-order valence-corrected chi connectivity index (χ2v) is 2.48. The lowest BCUT2D eigenvalue weighted by Gasteiger charge is -1.91. The maximum absolute atomic E-state index is 11.2. The maximum Gasteiger partial charge on any atom is 0.422 e. The van der Waals surface area contributed by atoms with Crippen LogP contribution in [0.5, 0.6) is 0 Å². The van der Waals surface area contributed by atoms with Gasteiger partial charge in [-0.05, 0) is 12.1 Å².